The number of halogens is 1. The highest BCUT2D eigenvalue weighted by Crippen LogP contribution is 2.33. The normalized spacial score (nSPS) is 21.4. The highest BCUT2D eigenvalue weighted by atomic mass is 35.5. The van der Waals surface area contributed by atoms with E-state index < -0.39 is 5.97 Å². The van der Waals surface area contributed by atoms with Crippen LogP contribution >= 0.6 is 11.6 Å². The van der Waals surface area contributed by atoms with E-state index in [9.17, 15) is 4.79 Å². The van der Waals surface area contributed by atoms with Crippen LogP contribution in [0.25, 0.3) is 0 Å². The lowest BCUT2D eigenvalue weighted by Gasteiger charge is -2.04. The molecule has 0 spiro atoms. The molecular formula is C8H8ClNO4. The van der Waals surface area contributed by atoms with Crippen LogP contribution in [-0.4, -0.2) is 29.4 Å². The second-order valence-electron chi connectivity index (χ2n) is 3.08. The molecule has 0 aliphatic carbocycles. The quantitative estimate of drug-likeness (QED) is 0.813. The first-order valence-corrected chi connectivity index (χ1v) is 4.54. The first kappa shape index (κ1) is 9.48. The fourth-order valence-electron chi connectivity index (χ4n) is 1.55. The highest BCUT2D eigenvalue weighted by molar-refractivity contribution is 6.30. The monoisotopic (exact) mass is 217 g/mol. The van der Waals surface area contributed by atoms with Crippen molar-refractivity contribution in [2.75, 3.05) is 13.2 Å². The Labute approximate surface area is 84.6 Å². The Hall–Kier alpha value is -1.07. The highest BCUT2D eigenvalue weighted by Gasteiger charge is 2.30. The van der Waals surface area contributed by atoms with E-state index in [0.717, 1.165) is 6.42 Å². The summed E-state index contributed by atoms with van der Waals surface area (Å²) in [7, 11) is 0. The summed E-state index contributed by atoms with van der Waals surface area (Å²) in [5.41, 5.74) is 0.455. The molecule has 1 atom stereocenters. The summed E-state index contributed by atoms with van der Waals surface area (Å²) in [6, 6.07) is 0. The number of aromatic carboxylic acids is 1. The third-order valence-electron chi connectivity index (χ3n) is 2.22. The zero-order valence-corrected chi connectivity index (χ0v) is 7.95. The van der Waals surface area contributed by atoms with Gasteiger partial charge in [-0.3, -0.25) is 0 Å². The molecule has 0 saturated carbocycles. The molecule has 2 heterocycles. The summed E-state index contributed by atoms with van der Waals surface area (Å²) in [5.74, 6) is -1.34. The molecule has 1 aromatic rings. The molecule has 76 valence electrons. The molecule has 1 aromatic heterocycles. The Bertz CT molecular complexity index is 356. The number of aromatic nitrogens is 1. The maximum absolute atomic E-state index is 10.8. The van der Waals surface area contributed by atoms with Crippen molar-refractivity contribution >= 4 is 17.6 Å². The number of hydrogen-bond acceptors (Lipinski definition) is 4. The van der Waals surface area contributed by atoms with Crippen molar-refractivity contribution in [3.63, 3.8) is 0 Å². The van der Waals surface area contributed by atoms with E-state index in [0.29, 0.717) is 18.8 Å². The summed E-state index contributed by atoms with van der Waals surface area (Å²) in [6.45, 7) is 1.09. The van der Waals surface area contributed by atoms with Crippen LogP contribution in [0, 0.1) is 0 Å². The van der Waals surface area contributed by atoms with Gasteiger partial charge in [-0.25, -0.2) is 4.79 Å². The van der Waals surface area contributed by atoms with E-state index >= 15 is 0 Å². The predicted octanol–water partition coefficient (Wildman–Crippen LogP) is 1.53. The van der Waals surface area contributed by atoms with E-state index in [1.54, 1.807) is 0 Å². The van der Waals surface area contributed by atoms with Gasteiger partial charge in [-0.1, -0.05) is 16.8 Å². The summed E-state index contributed by atoms with van der Waals surface area (Å²) in [4.78, 5) is 10.8. The van der Waals surface area contributed by atoms with Crippen LogP contribution in [0.2, 0.25) is 5.15 Å². The van der Waals surface area contributed by atoms with Gasteiger partial charge < -0.3 is 14.4 Å². The number of rotatable bonds is 2. The SMILES string of the molecule is O=C(O)c1onc(Cl)c1C1CCOC1. The summed E-state index contributed by atoms with van der Waals surface area (Å²) in [6.07, 6.45) is 0.751. The van der Waals surface area contributed by atoms with Crippen LogP contribution in [0.1, 0.15) is 28.5 Å². The van der Waals surface area contributed by atoms with Gasteiger partial charge in [0, 0.05) is 12.5 Å². The van der Waals surface area contributed by atoms with Gasteiger partial charge >= 0.3 is 5.97 Å². The van der Waals surface area contributed by atoms with Crippen molar-refractivity contribution in [2.45, 2.75) is 12.3 Å². The second kappa shape index (κ2) is 3.59. The molecule has 6 heteroatoms. The van der Waals surface area contributed by atoms with E-state index in [1.807, 2.05) is 0 Å². The number of nitrogens with zero attached hydrogens (tertiary/aromatic N) is 1. The van der Waals surface area contributed by atoms with Gasteiger partial charge in [0.2, 0.25) is 5.76 Å². The first-order valence-electron chi connectivity index (χ1n) is 4.16. The predicted molar refractivity (Wildman–Crippen MR) is 46.6 cm³/mol. The number of carboxylic acid groups (broad SMARTS) is 1. The van der Waals surface area contributed by atoms with Crippen LogP contribution in [0.15, 0.2) is 4.52 Å². The van der Waals surface area contributed by atoms with E-state index in [4.69, 9.17) is 21.4 Å². The smallest absolute Gasteiger partial charge is 0.375 e. The molecule has 1 N–H and O–H groups in total. The lowest BCUT2D eigenvalue weighted by molar-refractivity contribution is 0.0649. The topological polar surface area (TPSA) is 72.6 Å². The molecule has 5 nitrogen and oxygen atoms in total. The number of carbonyl (C=O) groups is 1. The van der Waals surface area contributed by atoms with Gasteiger partial charge in [-0.05, 0) is 6.42 Å². The first-order chi connectivity index (χ1) is 6.70. The minimum Gasteiger partial charge on any atom is -0.475 e. The zero-order chi connectivity index (χ0) is 10.1. The Morgan fingerprint density at radius 3 is 3.00 bits per heavy atom. The maximum Gasteiger partial charge on any atom is 0.375 e. The maximum atomic E-state index is 10.8. The van der Waals surface area contributed by atoms with Gasteiger partial charge in [0.1, 0.15) is 0 Å². The summed E-state index contributed by atoms with van der Waals surface area (Å²) < 4.78 is 9.78. The zero-order valence-electron chi connectivity index (χ0n) is 7.20. The van der Waals surface area contributed by atoms with Crippen molar-refractivity contribution in [3.8, 4) is 0 Å². The summed E-state index contributed by atoms with van der Waals surface area (Å²) >= 11 is 5.75. The molecular weight excluding hydrogens is 210 g/mol. The molecule has 14 heavy (non-hydrogen) atoms. The average molecular weight is 218 g/mol. The molecule has 0 aromatic carbocycles. The lowest BCUT2D eigenvalue weighted by atomic mass is 9.99. The fraction of sp³-hybridized carbons (Fsp3) is 0.500. The molecule has 1 aliphatic heterocycles. The fourth-order valence-corrected chi connectivity index (χ4v) is 1.82. The van der Waals surface area contributed by atoms with Crippen LogP contribution < -0.4 is 0 Å². The van der Waals surface area contributed by atoms with Crippen LogP contribution in [-0.2, 0) is 4.74 Å². The van der Waals surface area contributed by atoms with E-state index in [1.165, 1.54) is 0 Å². The van der Waals surface area contributed by atoms with Gasteiger partial charge in [0.05, 0.1) is 12.2 Å². The average Bonchev–Trinajstić information content (AvgIpc) is 2.71. The van der Waals surface area contributed by atoms with Crippen molar-refractivity contribution in [2.24, 2.45) is 0 Å². The molecule has 0 bridgehead atoms. The van der Waals surface area contributed by atoms with Crippen LogP contribution in [0.5, 0.6) is 0 Å². The summed E-state index contributed by atoms with van der Waals surface area (Å²) in [5, 5.41) is 12.4. The molecule has 1 fully saturated rings. The molecule has 0 radical (unpaired) electrons. The Morgan fingerprint density at radius 2 is 2.43 bits per heavy atom. The van der Waals surface area contributed by atoms with Crippen LogP contribution in [0.3, 0.4) is 0 Å². The van der Waals surface area contributed by atoms with Crippen molar-refractivity contribution in [1.82, 2.24) is 5.16 Å². The van der Waals surface area contributed by atoms with Crippen molar-refractivity contribution in [1.29, 1.82) is 0 Å². The number of carboxylic acids is 1. The second-order valence-corrected chi connectivity index (χ2v) is 3.44. The molecule has 1 aliphatic rings. The molecule has 2 rings (SSSR count). The van der Waals surface area contributed by atoms with E-state index in [-0.39, 0.29) is 16.8 Å². The van der Waals surface area contributed by atoms with Crippen molar-refractivity contribution < 1.29 is 19.2 Å². The number of hydrogen-bond donors (Lipinski definition) is 1. The van der Waals surface area contributed by atoms with Crippen molar-refractivity contribution in [3.05, 3.63) is 16.5 Å². The van der Waals surface area contributed by atoms with Gasteiger partial charge in [-0.2, -0.15) is 0 Å². The Balaban J connectivity index is 2.38. The number of ether oxygens (including phenoxy) is 1. The lowest BCUT2D eigenvalue weighted by Crippen LogP contribution is -2.05. The largest absolute Gasteiger partial charge is 0.475 e. The Morgan fingerprint density at radius 1 is 1.64 bits per heavy atom. The van der Waals surface area contributed by atoms with Gasteiger partial charge in [0.15, 0.2) is 5.15 Å². The molecule has 1 saturated heterocycles. The van der Waals surface area contributed by atoms with Crippen LogP contribution in [0.4, 0.5) is 0 Å². The third-order valence-corrected chi connectivity index (χ3v) is 2.49. The van der Waals surface area contributed by atoms with Gasteiger partial charge in [-0.15, -0.1) is 0 Å². The Kier molecular flexibility index (Phi) is 2.43. The minimum absolute atomic E-state index is 0.0140. The van der Waals surface area contributed by atoms with Gasteiger partial charge in [0.25, 0.3) is 0 Å². The van der Waals surface area contributed by atoms with E-state index in [2.05, 4.69) is 9.68 Å². The molecule has 0 amide bonds. The molecule has 1 unspecified atom stereocenters. The standard InChI is InChI=1S/C8H8ClNO4/c9-7-5(4-1-2-13-3-4)6(8(11)12)14-10-7/h4H,1-3H2,(H,11,12). The minimum atomic E-state index is -1.15. The third kappa shape index (κ3) is 1.49.